The van der Waals surface area contributed by atoms with Crippen LogP contribution < -0.4 is 15.9 Å². The van der Waals surface area contributed by atoms with Crippen molar-refractivity contribution in [2.75, 3.05) is 6.66 Å². The molecule has 0 aromatic heterocycles. The van der Waals surface area contributed by atoms with Crippen LogP contribution in [0.4, 0.5) is 26.3 Å². The number of alkyl halides is 6. The third kappa shape index (κ3) is 6.81. The van der Waals surface area contributed by atoms with Crippen LogP contribution in [0.5, 0.6) is 0 Å². The maximum Gasteiger partial charge on any atom is 0.480 e. The van der Waals surface area contributed by atoms with Gasteiger partial charge in [-0.05, 0) is 36.4 Å². The molecule has 0 atom stereocenters. The average molecular weight is 557 g/mol. The molecule has 0 saturated heterocycles. The lowest BCUT2D eigenvalue weighted by molar-refractivity contribution is -0.0444. The van der Waals surface area contributed by atoms with Crippen molar-refractivity contribution in [3.8, 4) is 0 Å². The van der Waals surface area contributed by atoms with Crippen LogP contribution in [0.2, 0.25) is 0 Å². The van der Waals surface area contributed by atoms with Crippen molar-refractivity contribution >= 4 is 43.2 Å². The van der Waals surface area contributed by atoms with Crippen LogP contribution in [0.1, 0.15) is 0 Å². The molecule has 14 heteroatoms. The highest BCUT2D eigenvalue weighted by atomic mass is 32.3. The maximum absolute atomic E-state index is 11.4. The highest BCUT2D eigenvalue weighted by Gasteiger charge is 2.47. The van der Waals surface area contributed by atoms with E-state index >= 15 is 0 Å². The summed E-state index contributed by atoms with van der Waals surface area (Å²) in [4.78, 5) is 0. The van der Waals surface area contributed by atoms with Crippen LogP contribution >= 0.6 is 7.26 Å². The van der Waals surface area contributed by atoms with Crippen molar-refractivity contribution < 1.29 is 43.2 Å². The highest BCUT2D eigenvalue weighted by Crippen LogP contribution is 2.51. The van der Waals surface area contributed by atoms with E-state index in [0.717, 1.165) is 4.13 Å². The van der Waals surface area contributed by atoms with Gasteiger partial charge in [-0.25, -0.2) is 16.8 Å². The van der Waals surface area contributed by atoms with Crippen molar-refractivity contribution in [1.82, 2.24) is 0 Å². The number of nitrogens with zero attached hydrogens (tertiary/aromatic N) is 1. The van der Waals surface area contributed by atoms with Gasteiger partial charge in [-0.15, -0.1) is 0 Å². The second-order valence-electron chi connectivity index (χ2n) is 6.93. The van der Waals surface area contributed by atoms with Crippen molar-refractivity contribution in [1.29, 1.82) is 0 Å². The molecule has 0 aliphatic carbocycles. The smallest absolute Gasteiger partial charge is 0.421 e. The van der Waals surface area contributed by atoms with E-state index in [1.807, 2.05) is 0 Å². The lowest BCUT2D eigenvalue weighted by Crippen LogP contribution is -2.30. The van der Waals surface area contributed by atoms with E-state index < -0.39 is 38.3 Å². The Hall–Kier alpha value is -2.47. The zero-order valence-electron chi connectivity index (χ0n) is 17.8. The van der Waals surface area contributed by atoms with Crippen molar-refractivity contribution in [2.45, 2.75) is 11.0 Å². The van der Waals surface area contributed by atoms with E-state index in [9.17, 15) is 43.2 Å². The number of benzene rings is 3. The van der Waals surface area contributed by atoms with E-state index in [0.29, 0.717) is 0 Å². The van der Waals surface area contributed by atoms with Crippen molar-refractivity contribution in [3.05, 3.63) is 95.1 Å². The Kier molecular flexibility index (Phi) is 8.75. The summed E-state index contributed by atoms with van der Waals surface area (Å²) in [5.41, 5.74) is -12.4. The number of halogens is 6. The second-order valence-corrected chi connectivity index (χ2v) is 13.9. The van der Waals surface area contributed by atoms with E-state index in [2.05, 4.69) is 97.7 Å². The van der Waals surface area contributed by atoms with Crippen molar-refractivity contribution in [2.24, 2.45) is 0 Å². The predicted molar refractivity (Wildman–Crippen MR) is 124 cm³/mol. The van der Waals surface area contributed by atoms with E-state index in [1.54, 1.807) is 0 Å². The second kappa shape index (κ2) is 10.7. The molecule has 0 heterocycles. The summed E-state index contributed by atoms with van der Waals surface area (Å²) in [5.74, 6) is 0. The molecule has 0 bridgehead atoms. The van der Waals surface area contributed by atoms with Gasteiger partial charge in [-0.3, -0.25) is 0 Å². The molecular weight excluding hydrogens is 539 g/mol. The molecule has 5 nitrogen and oxygen atoms in total. The molecule has 0 amide bonds. The van der Waals surface area contributed by atoms with Gasteiger partial charge in [0.25, 0.3) is 0 Å². The van der Waals surface area contributed by atoms with Crippen LogP contribution in [-0.4, -0.2) is 34.5 Å². The quantitative estimate of drug-likeness (QED) is 0.337. The lowest BCUT2D eigenvalue weighted by Gasteiger charge is -2.22. The Morgan fingerprint density at radius 1 is 0.543 bits per heavy atom. The Morgan fingerprint density at radius 3 is 0.971 bits per heavy atom. The van der Waals surface area contributed by atoms with Gasteiger partial charge in [0.2, 0.25) is 0 Å². The molecule has 0 N–H and O–H groups in total. The molecule has 0 unspecified atom stereocenters. The topological polar surface area (TPSA) is 82.4 Å². The van der Waals surface area contributed by atoms with Gasteiger partial charge in [0, 0.05) is 0 Å². The molecule has 0 saturated carbocycles. The van der Waals surface area contributed by atoms with Gasteiger partial charge in [-0.2, -0.15) is 26.3 Å². The number of rotatable bonds is 5. The molecular formula is C21H18F6NO4PS2. The van der Waals surface area contributed by atoms with E-state index in [4.69, 9.17) is 0 Å². The summed E-state index contributed by atoms with van der Waals surface area (Å²) >= 11 is 0. The monoisotopic (exact) mass is 557 g/mol. The molecule has 0 aliphatic rings. The molecule has 3 aromatic rings. The summed E-state index contributed by atoms with van der Waals surface area (Å²) in [7, 11) is -15.0. The maximum atomic E-state index is 11.4. The summed E-state index contributed by atoms with van der Waals surface area (Å²) in [6, 6.07) is 32.6. The summed E-state index contributed by atoms with van der Waals surface area (Å²) in [5, 5.41) is 4.28. The summed E-state index contributed by atoms with van der Waals surface area (Å²) in [6.45, 7) is 2.41. The molecule has 190 valence electrons. The highest BCUT2D eigenvalue weighted by molar-refractivity contribution is 8.13. The van der Waals surface area contributed by atoms with Gasteiger partial charge in [-0.1, -0.05) is 54.6 Å². The van der Waals surface area contributed by atoms with Gasteiger partial charge >= 0.3 is 11.0 Å². The fraction of sp³-hybridized carbons (Fsp3) is 0.143. The van der Waals surface area contributed by atoms with Crippen LogP contribution in [0.3, 0.4) is 0 Å². The molecule has 0 spiro atoms. The Morgan fingerprint density at radius 2 is 0.771 bits per heavy atom. The van der Waals surface area contributed by atoms with Gasteiger partial charge < -0.3 is 4.13 Å². The standard InChI is InChI=1S/C19H18P.C2F6NO4S2/c1-20(17-11-5-2-6-12-17,18-13-7-3-8-14-18)19-15-9-4-10-16-19;3-1(4,5)14(10,11)9-15(12,13)2(6,7)8/h2-16H,1H3;/q+1;-1. The zero-order chi connectivity index (χ0) is 26.5. The minimum atomic E-state index is -6.72. The first-order chi connectivity index (χ1) is 16.0. The first-order valence-corrected chi connectivity index (χ1v) is 14.5. The summed E-state index contributed by atoms with van der Waals surface area (Å²) < 4.78 is 109. The summed E-state index contributed by atoms with van der Waals surface area (Å²) in [6.07, 6.45) is 0. The first kappa shape index (κ1) is 28.8. The number of hydrogen-bond donors (Lipinski definition) is 0. The number of sulfonamides is 2. The van der Waals surface area contributed by atoms with Gasteiger partial charge in [0.15, 0.2) is 20.0 Å². The molecule has 3 aromatic carbocycles. The Bertz CT molecular complexity index is 1180. The van der Waals surface area contributed by atoms with Gasteiger partial charge in [0.1, 0.15) is 23.2 Å². The fourth-order valence-corrected chi connectivity index (χ4v) is 7.75. The third-order valence-electron chi connectivity index (χ3n) is 4.60. The van der Waals surface area contributed by atoms with E-state index in [-0.39, 0.29) is 0 Å². The normalized spacial score (nSPS) is 13.0. The third-order valence-corrected chi connectivity index (χ3v) is 11.3. The first-order valence-electron chi connectivity index (χ1n) is 9.42. The Labute approximate surface area is 199 Å². The fourth-order valence-electron chi connectivity index (χ4n) is 2.84. The van der Waals surface area contributed by atoms with Crippen LogP contribution in [-0.2, 0) is 20.0 Å². The average Bonchev–Trinajstić information content (AvgIpc) is 2.78. The lowest BCUT2D eigenvalue weighted by atomic mass is 10.4. The SMILES string of the molecule is C[P+](c1ccccc1)(c1ccccc1)c1ccccc1.O=S(=O)([N-]S(=O)(=O)C(F)(F)F)C(F)(F)F. The molecule has 0 radical (unpaired) electrons. The van der Waals surface area contributed by atoms with Crippen LogP contribution in [0.25, 0.3) is 4.13 Å². The van der Waals surface area contributed by atoms with E-state index in [1.165, 1.54) is 15.9 Å². The molecule has 0 fully saturated rings. The minimum absolute atomic E-state index is 0.778. The molecule has 35 heavy (non-hydrogen) atoms. The largest absolute Gasteiger partial charge is 0.480 e. The zero-order valence-corrected chi connectivity index (χ0v) is 20.3. The Balaban J connectivity index is 0.000000260. The van der Waals surface area contributed by atoms with Gasteiger partial charge in [0.05, 0.1) is 6.66 Å². The van der Waals surface area contributed by atoms with Crippen LogP contribution in [0.15, 0.2) is 91.0 Å². The predicted octanol–water partition coefficient (Wildman–Crippen LogP) is 4.67. The molecule has 0 aliphatic heterocycles. The van der Waals surface area contributed by atoms with Crippen LogP contribution in [0, 0.1) is 0 Å². The molecule has 3 rings (SSSR count). The minimum Gasteiger partial charge on any atom is -0.421 e. The number of hydrogen-bond acceptors (Lipinski definition) is 4. The van der Waals surface area contributed by atoms with Crippen molar-refractivity contribution in [3.63, 3.8) is 0 Å².